The van der Waals surface area contributed by atoms with Gasteiger partial charge in [-0.05, 0) is 74.8 Å². The summed E-state index contributed by atoms with van der Waals surface area (Å²) in [6.07, 6.45) is 6.82. The highest BCUT2D eigenvalue weighted by atomic mass is 16.4. The molecule has 0 atom stereocenters. The van der Waals surface area contributed by atoms with Crippen molar-refractivity contribution in [2.24, 2.45) is 23.7 Å². The fourth-order valence-corrected chi connectivity index (χ4v) is 5.40. The van der Waals surface area contributed by atoms with Crippen molar-refractivity contribution in [1.82, 2.24) is 4.98 Å². The molecule has 1 heterocycles. The topological polar surface area (TPSA) is 50.2 Å². The van der Waals surface area contributed by atoms with E-state index in [9.17, 15) is 9.90 Å². The van der Waals surface area contributed by atoms with Gasteiger partial charge < -0.3 is 5.11 Å². The molecule has 1 aromatic heterocycles. The van der Waals surface area contributed by atoms with E-state index in [0.717, 1.165) is 35.1 Å². The Morgan fingerprint density at radius 2 is 1.70 bits per heavy atom. The lowest BCUT2D eigenvalue weighted by atomic mass is 9.51. The van der Waals surface area contributed by atoms with E-state index in [4.69, 9.17) is 4.98 Å². The van der Waals surface area contributed by atoms with E-state index in [1.807, 2.05) is 13.0 Å². The molecule has 0 aromatic carbocycles. The summed E-state index contributed by atoms with van der Waals surface area (Å²) in [5.74, 6) is 3.07. The molecule has 3 nitrogen and oxygen atoms in total. The number of aromatic nitrogens is 1. The van der Waals surface area contributed by atoms with E-state index in [1.54, 1.807) is 6.07 Å². The molecule has 4 bridgehead atoms. The third kappa shape index (κ3) is 1.87. The fourth-order valence-electron chi connectivity index (χ4n) is 5.40. The molecule has 3 heteroatoms. The minimum Gasteiger partial charge on any atom is -0.478 e. The zero-order chi connectivity index (χ0) is 13.9. The van der Waals surface area contributed by atoms with Crippen LogP contribution in [0.25, 0.3) is 0 Å². The highest BCUT2D eigenvalue weighted by Crippen LogP contribution is 2.59. The van der Waals surface area contributed by atoms with Crippen molar-refractivity contribution in [1.29, 1.82) is 0 Å². The van der Waals surface area contributed by atoms with Gasteiger partial charge in [-0.2, -0.15) is 0 Å². The fraction of sp³-hybridized carbons (Fsp3) is 0.647. The van der Waals surface area contributed by atoms with Crippen LogP contribution in [0.2, 0.25) is 0 Å². The van der Waals surface area contributed by atoms with Gasteiger partial charge in [-0.25, -0.2) is 4.79 Å². The first-order valence-corrected chi connectivity index (χ1v) is 7.82. The lowest BCUT2D eigenvalue weighted by molar-refractivity contribution is -0.00423. The summed E-state index contributed by atoms with van der Waals surface area (Å²) in [6, 6.07) is 3.52. The van der Waals surface area contributed by atoms with Crippen LogP contribution in [0.3, 0.4) is 0 Å². The normalized spacial score (nSPS) is 38.1. The highest BCUT2D eigenvalue weighted by Gasteiger charge is 2.49. The molecular weight excluding hydrogens is 250 g/mol. The van der Waals surface area contributed by atoms with Gasteiger partial charge in [0.2, 0.25) is 0 Å². The molecule has 0 saturated heterocycles. The summed E-state index contributed by atoms with van der Waals surface area (Å²) >= 11 is 0. The molecule has 106 valence electrons. The quantitative estimate of drug-likeness (QED) is 0.893. The van der Waals surface area contributed by atoms with Gasteiger partial charge >= 0.3 is 5.97 Å². The Hall–Kier alpha value is -1.38. The van der Waals surface area contributed by atoms with Crippen LogP contribution in [0.1, 0.15) is 59.8 Å². The van der Waals surface area contributed by atoms with Gasteiger partial charge in [0, 0.05) is 17.3 Å². The lowest BCUT2D eigenvalue weighted by Crippen LogP contribution is -2.44. The third-order valence-corrected chi connectivity index (χ3v) is 5.79. The number of hydrogen-bond donors (Lipinski definition) is 1. The van der Waals surface area contributed by atoms with Crippen molar-refractivity contribution in [3.8, 4) is 0 Å². The number of rotatable bonds is 2. The summed E-state index contributed by atoms with van der Waals surface area (Å²) < 4.78 is 0. The third-order valence-electron chi connectivity index (χ3n) is 5.79. The number of nitrogens with zero attached hydrogens (tertiary/aromatic N) is 1. The largest absolute Gasteiger partial charge is 0.478 e. The number of carbonyl (C=O) groups is 1. The summed E-state index contributed by atoms with van der Waals surface area (Å²) in [5.41, 5.74) is 2.30. The van der Waals surface area contributed by atoms with Crippen LogP contribution >= 0.6 is 0 Å². The molecule has 4 fully saturated rings. The van der Waals surface area contributed by atoms with Crippen LogP contribution in [0.5, 0.6) is 0 Å². The van der Waals surface area contributed by atoms with Crippen LogP contribution in [0, 0.1) is 30.6 Å². The highest BCUT2D eigenvalue weighted by molar-refractivity contribution is 5.87. The molecule has 4 aliphatic rings. The molecule has 0 amide bonds. The van der Waals surface area contributed by atoms with Crippen molar-refractivity contribution in [2.45, 2.75) is 44.9 Å². The van der Waals surface area contributed by atoms with Crippen molar-refractivity contribution in [2.75, 3.05) is 0 Å². The van der Waals surface area contributed by atoms with E-state index in [1.165, 1.54) is 32.1 Å². The van der Waals surface area contributed by atoms with Gasteiger partial charge in [0.05, 0.1) is 5.56 Å². The average molecular weight is 271 g/mol. The van der Waals surface area contributed by atoms with Crippen LogP contribution in [0.4, 0.5) is 0 Å². The van der Waals surface area contributed by atoms with Gasteiger partial charge in [-0.3, -0.25) is 4.98 Å². The van der Waals surface area contributed by atoms with Gasteiger partial charge in [0.15, 0.2) is 0 Å². The second-order valence-electron chi connectivity index (χ2n) is 7.18. The Balaban J connectivity index is 1.72. The van der Waals surface area contributed by atoms with Gasteiger partial charge in [-0.1, -0.05) is 0 Å². The van der Waals surface area contributed by atoms with Crippen molar-refractivity contribution < 1.29 is 9.90 Å². The Morgan fingerprint density at radius 3 is 2.25 bits per heavy atom. The molecule has 1 aromatic rings. The second kappa shape index (κ2) is 4.31. The van der Waals surface area contributed by atoms with E-state index < -0.39 is 5.97 Å². The zero-order valence-electron chi connectivity index (χ0n) is 11.9. The van der Waals surface area contributed by atoms with Gasteiger partial charge in [0.1, 0.15) is 0 Å². The van der Waals surface area contributed by atoms with E-state index in [-0.39, 0.29) is 0 Å². The molecule has 5 rings (SSSR count). The molecule has 0 radical (unpaired) electrons. The lowest BCUT2D eigenvalue weighted by Gasteiger charge is -2.54. The summed E-state index contributed by atoms with van der Waals surface area (Å²) in [4.78, 5) is 16.0. The number of carboxylic acid groups (broad SMARTS) is 1. The Kier molecular flexibility index (Phi) is 2.66. The first kappa shape index (κ1) is 12.4. The minimum absolute atomic E-state index is 0.404. The van der Waals surface area contributed by atoms with Crippen LogP contribution in [0.15, 0.2) is 12.1 Å². The van der Waals surface area contributed by atoms with Crippen LogP contribution in [-0.4, -0.2) is 16.1 Å². The molecule has 0 aliphatic heterocycles. The minimum atomic E-state index is -0.833. The molecule has 0 unspecified atom stereocenters. The SMILES string of the molecule is Cc1cc(C(=O)O)cc(C2C3CC4CC(C3)CC2C4)n1. The predicted octanol–water partition coefficient (Wildman–Crippen LogP) is 3.63. The van der Waals surface area contributed by atoms with Crippen LogP contribution in [-0.2, 0) is 0 Å². The number of carboxylic acids is 1. The maximum absolute atomic E-state index is 11.3. The molecule has 4 aliphatic carbocycles. The standard InChI is InChI=1S/C17H21NO2/c1-9-2-14(17(19)20)8-15(18-9)16-12-4-10-3-11(6-12)7-13(16)5-10/h2,8,10-13,16H,3-7H2,1H3,(H,19,20). The molecule has 20 heavy (non-hydrogen) atoms. The summed E-state index contributed by atoms with van der Waals surface area (Å²) in [7, 11) is 0. The number of pyridine rings is 1. The smallest absolute Gasteiger partial charge is 0.335 e. The Morgan fingerprint density at radius 1 is 1.10 bits per heavy atom. The Bertz CT molecular complexity index is 538. The van der Waals surface area contributed by atoms with Gasteiger partial charge in [-0.15, -0.1) is 0 Å². The average Bonchev–Trinajstić information content (AvgIpc) is 2.36. The van der Waals surface area contributed by atoms with Crippen molar-refractivity contribution in [3.63, 3.8) is 0 Å². The second-order valence-corrected chi connectivity index (χ2v) is 7.18. The zero-order valence-corrected chi connectivity index (χ0v) is 11.9. The molecule has 0 spiro atoms. The maximum atomic E-state index is 11.3. The molecule has 1 N–H and O–H groups in total. The Labute approximate surface area is 119 Å². The van der Waals surface area contributed by atoms with E-state index in [0.29, 0.717) is 11.5 Å². The maximum Gasteiger partial charge on any atom is 0.335 e. The van der Waals surface area contributed by atoms with Crippen molar-refractivity contribution >= 4 is 5.97 Å². The number of aryl methyl sites for hydroxylation is 1. The predicted molar refractivity (Wildman–Crippen MR) is 75.7 cm³/mol. The summed E-state index contributed by atoms with van der Waals surface area (Å²) in [5, 5.41) is 9.26. The number of hydrogen-bond acceptors (Lipinski definition) is 2. The summed E-state index contributed by atoms with van der Waals surface area (Å²) in [6.45, 7) is 1.91. The monoisotopic (exact) mass is 271 g/mol. The molecule has 4 saturated carbocycles. The van der Waals surface area contributed by atoms with Crippen molar-refractivity contribution in [3.05, 3.63) is 29.1 Å². The first-order chi connectivity index (χ1) is 9.60. The number of aromatic carboxylic acids is 1. The van der Waals surface area contributed by atoms with E-state index in [2.05, 4.69) is 0 Å². The molecular formula is C17H21NO2. The first-order valence-electron chi connectivity index (χ1n) is 7.82. The van der Waals surface area contributed by atoms with Crippen LogP contribution < -0.4 is 0 Å². The van der Waals surface area contributed by atoms with Gasteiger partial charge in [0.25, 0.3) is 0 Å². The van der Waals surface area contributed by atoms with E-state index >= 15 is 0 Å².